The number of hydrogen-bond donors (Lipinski definition) is 2. The minimum atomic E-state index is -0.865. The number of hydrogen-bond acceptors (Lipinski definition) is 6. The molecule has 1 heterocycles. The highest BCUT2D eigenvalue weighted by molar-refractivity contribution is 6.08. The second-order valence-corrected chi connectivity index (χ2v) is 6.53. The van der Waals surface area contributed by atoms with Gasteiger partial charge in [-0.15, -0.1) is 0 Å². The van der Waals surface area contributed by atoms with E-state index in [1.165, 1.54) is 26.0 Å². The van der Waals surface area contributed by atoms with Gasteiger partial charge in [-0.1, -0.05) is 6.42 Å². The van der Waals surface area contributed by atoms with E-state index >= 15 is 0 Å². The van der Waals surface area contributed by atoms with Crippen molar-refractivity contribution in [3.63, 3.8) is 0 Å². The summed E-state index contributed by atoms with van der Waals surface area (Å²) in [5, 5.41) is 19.0. The lowest BCUT2D eigenvalue weighted by molar-refractivity contribution is -0.137. The van der Waals surface area contributed by atoms with Gasteiger partial charge in [0.1, 0.15) is 11.5 Å². The number of nitrogens with zero attached hydrogens (tertiary/aromatic N) is 1. The van der Waals surface area contributed by atoms with Crippen molar-refractivity contribution in [1.29, 1.82) is 0 Å². The molecule has 1 aromatic rings. The smallest absolute Gasteiger partial charge is 0.303 e. The fourth-order valence-electron chi connectivity index (χ4n) is 3.35. The zero-order chi connectivity index (χ0) is 20.8. The van der Waals surface area contributed by atoms with Crippen molar-refractivity contribution in [2.24, 2.45) is 0 Å². The average Bonchev–Trinajstić information content (AvgIpc) is 2.91. The quantitative estimate of drug-likeness (QED) is 0.589. The summed E-state index contributed by atoms with van der Waals surface area (Å²) in [7, 11) is 2.99. The highest BCUT2D eigenvalue weighted by Gasteiger charge is 2.43. The number of aliphatic hydroxyl groups excluding tert-OH is 1. The first kappa shape index (κ1) is 21.3. The maximum atomic E-state index is 12.6. The molecule has 1 atom stereocenters. The first-order valence-corrected chi connectivity index (χ1v) is 9.00. The summed E-state index contributed by atoms with van der Waals surface area (Å²) in [6, 6.07) is 4.28. The molecule has 8 nitrogen and oxygen atoms in total. The van der Waals surface area contributed by atoms with Crippen molar-refractivity contribution < 1.29 is 34.1 Å². The van der Waals surface area contributed by atoms with Crippen molar-refractivity contribution >= 4 is 17.7 Å². The van der Waals surface area contributed by atoms with E-state index in [0.717, 1.165) is 0 Å². The van der Waals surface area contributed by atoms with Gasteiger partial charge in [-0.25, -0.2) is 0 Å². The van der Waals surface area contributed by atoms with Gasteiger partial charge in [0.05, 0.1) is 25.8 Å². The Hall–Kier alpha value is -3.03. The van der Waals surface area contributed by atoms with Crippen LogP contribution in [0, 0.1) is 0 Å². The number of carboxylic acids is 1. The first-order chi connectivity index (χ1) is 13.3. The van der Waals surface area contributed by atoms with Gasteiger partial charge in [-0.05, 0) is 31.9 Å². The topological polar surface area (TPSA) is 113 Å². The lowest BCUT2D eigenvalue weighted by atomic mass is 9.95. The third-order valence-electron chi connectivity index (χ3n) is 4.71. The SMILES string of the molecule is COc1ccc([C@@H]2C(C(C)=O)=C(O)C(=O)N2CCCCCC(=O)O)c(OC)c1. The Morgan fingerprint density at radius 1 is 1.14 bits per heavy atom. The molecule has 0 aromatic heterocycles. The maximum Gasteiger partial charge on any atom is 0.303 e. The number of aliphatic carboxylic acids is 1. The largest absolute Gasteiger partial charge is 0.503 e. The molecule has 28 heavy (non-hydrogen) atoms. The van der Waals surface area contributed by atoms with Gasteiger partial charge in [0, 0.05) is 24.6 Å². The molecule has 8 heteroatoms. The van der Waals surface area contributed by atoms with Crippen molar-refractivity contribution in [3.05, 3.63) is 35.1 Å². The summed E-state index contributed by atoms with van der Waals surface area (Å²) >= 11 is 0. The average molecular weight is 391 g/mol. The van der Waals surface area contributed by atoms with Crippen LogP contribution < -0.4 is 9.47 Å². The molecule has 1 aliphatic rings. The van der Waals surface area contributed by atoms with E-state index in [2.05, 4.69) is 0 Å². The Balaban J connectivity index is 2.33. The summed E-state index contributed by atoms with van der Waals surface area (Å²) in [4.78, 5) is 36.8. The van der Waals surface area contributed by atoms with E-state index in [1.54, 1.807) is 18.2 Å². The Morgan fingerprint density at radius 2 is 1.86 bits per heavy atom. The Kier molecular flexibility index (Phi) is 7.03. The second-order valence-electron chi connectivity index (χ2n) is 6.53. The molecule has 0 saturated heterocycles. The van der Waals surface area contributed by atoms with Crippen molar-refractivity contribution in [3.8, 4) is 11.5 Å². The monoisotopic (exact) mass is 391 g/mol. The van der Waals surface area contributed by atoms with E-state index in [1.807, 2.05) is 0 Å². The van der Waals surface area contributed by atoms with Crippen LogP contribution in [-0.2, 0) is 14.4 Å². The minimum absolute atomic E-state index is 0.0269. The summed E-state index contributed by atoms with van der Waals surface area (Å²) in [6.45, 7) is 1.58. The van der Waals surface area contributed by atoms with Gasteiger partial charge < -0.3 is 24.6 Å². The molecule has 1 aliphatic heterocycles. The van der Waals surface area contributed by atoms with Crippen LogP contribution in [0.5, 0.6) is 11.5 Å². The highest BCUT2D eigenvalue weighted by atomic mass is 16.5. The molecule has 0 spiro atoms. The van der Waals surface area contributed by atoms with Crippen molar-refractivity contribution in [1.82, 2.24) is 4.90 Å². The molecule has 152 valence electrons. The molecular formula is C20H25NO7. The van der Waals surface area contributed by atoms with Crippen LogP contribution >= 0.6 is 0 Å². The molecule has 2 N–H and O–H groups in total. The third kappa shape index (κ3) is 4.44. The molecule has 1 amide bonds. The number of amides is 1. The lowest BCUT2D eigenvalue weighted by Crippen LogP contribution is -2.32. The summed E-state index contributed by atoms with van der Waals surface area (Å²) in [5.74, 6) is -1.45. The molecule has 0 aliphatic carbocycles. The molecular weight excluding hydrogens is 366 g/mol. The molecule has 2 rings (SSSR count). The van der Waals surface area contributed by atoms with Gasteiger partial charge >= 0.3 is 5.97 Å². The van der Waals surface area contributed by atoms with Gasteiger partial charge in [0.25, 0.3) is 5.91 Å². The maximum absolute atomic E-state index is 12.6. The van der Waals surface area contributed by atoms with Crippen LogP contribution in [0.25, 0.3) is 0 Å². The Morgan fingerprint density at radius 3 is 2.43 bits per heavy atom. The second kappa shape index (κ2) is 9.25. The normalized spacial score (nSPS) is 16.5. The molecule has 0 saturated carbocycles. The van der Waals surface area contributed by atoms with E-state index < -0.39 is 29.5 Å². The highest BCUT2D eigenvalue weighted by Crippen LogP contribution is 2.42. The lowest BCUT2D eigenvalue weighted by Gasteiger charge is -2.28. The predicted octanol–water partition coefficient (Wildman–Crippen LogP) is 2.63. The number of ketones is 1. The molecule has 0 unspecified atom stereocenters. The number of carbonyl (C=O) groups excluding carboxylic acids is 2. The van der Waals surface area contributed by atoms with E-state index in [9.17, 15) is 19.5 Å². The number of carboxylic acid groups (broad SMARTS) is 1. The number of benzene rings is 1. The van der Waals surface area contributed by atoms with Crippen molar-refractivity contribution in [2.75, 3.05) is 20.8 Å². The Labute approximate surface area is 163 Å². The van der Waals surface area contributed by atoms with Crippen LogP contribution in [-0.4, -0.2) is 53.5 Å². The number of Topliss-reactive ketones (excluding diaryl/α,β-unsaturated/α-hetero) is 1. The molecule has 0 radical (unpaired) electrons. The number of unbranched alkanes of at least 4 members (excludes halogenated alkanes) is 2. The Bertz CT molecular complexity index is 800. The van der Waals surface area contributed by atoms with Crippen LogP contribution in [0.15, 0.2) is 29.5 Å². The van der Waals surface area contributed by atoms with Gasteiger partial charge in [-0.3, -0.25) is 14.4 Å². The molecule has 0 bridgehead atoms. The zero-order valence-electron chi connectivity index (χ0n) is 16.2. The van der Waals surface area contributed by atoms with Crippen molar-refractivity contribution in [2.45, 2.75) is 38.6 Å². The summed E-state index contributed by atoms with van der Waals surface area (Å²) in [6.07, 6.45) is 1.71. The van der Waals surface area contributed by atoms with Gasteiger partial charge in [0.2, 0.25) is 0 Å². The van der Waals surface area contributed by atoms with Gasteiger partial charge in [-0.2, -0.15) is 0 Å². The number of methoxy groups -OCH3 is 2. The minimum Gasteiger partial charge on any atom is -0.503 e. The van der Waals surface area contributed by atoms with Gasteiger partial charge in [0.15, 0.2) is 11.5 Å². The van der Waals surface area contributed by atoms with Crippen LogP contribution in [0.1, 0.15) is 44.2 Å². The van der Waals surface area contributed by atoms with E-state index in [0.29, 0.717) is 36.3 Å². The third-order valence-corrected chi connectivity index (χ3v) is 4.71. The first-order valence-electron chi connectivity index (χ1n) is 9.00. The van der Waals surface area contributed by atoms with Crippen LogP contribution in [0.2, 0.25) is 0 Å². The molecule has 1 aromatic carbocycles. The summed E-state index contributed by atoms with van der Waals surface area (Å²) in [5.41, 5.74) is 0.593. The van der Waals surface area contributed by atoms with E-state index in [-0.39, 0.29) is 18.5 Å². The van der Waals surface area contributed by atoms with Crippen LogP contribution in [0.3, 0.4) is 0 Å². The van der Waals surface area contributed by atoms with Crippen LogP contribution in [0.4, 0.5) is 0 Å². The summed E-state index contributed by atoms with van der Waals surface area (Å²) < 4.78 is 10.6. The number of rotatable bonds is 10. The standard InChI is InChI=1S/C20H25NO7/c1-12(22)17-18(14-9-8-13(27-2)11-15(14)28-3)21(20(26)19(17)25)10-6-4-5-7-16(23)24/h8-9,11,18,25H,4-7,10H2,1-3H3,(H,23,24)/t18-/m1/s1. The van der Waals surface area contributed by atoms with E-state index in [4.69, 9.17) is 14.6 Å². The fraction of sp³-hybridized carbons (Fsp3) is 0.450. The zero-order valence-corrected chi connectivity index (χ0v) is 16.2. The molecule has 0 fully saturated rings. The predicted molar refractivity (Wildman–Crippen MR) is 100 cm³/mol. The number of aliphatic hydroxyl groups is 1. The number of ether oxygens (including phenoxy) is 2. The fourth-order valence-corrected chi connectivity index (χ4v) is 3.35. The number of carbonyl (C=O) groups is 3.